The molecule has 40 heavy (non-hydrogen) atoms. The van der Waals surface area contributed by atoms with Gasteiger partial charge in [0.05, 0.1) is 35.9 Å². The molecule has 2 saturated heterocycles. The topological polar surface area (TPSA) is 88.6 Å². The number of hydrogen-bond acceptors (Lipinski definition) is 8. The Balaban J connectivity index is 1.46. The van der Waals surface area contributed by atoms with Gasteiger partial charge in [0, 0.05) is 30.1 Å². The minimum atomic E-state index is 0.169. The highest BCUT2D eigenvalue weighted by molar-refractivity contribution is 6.06. The fourth-order valence-corrected chi connectivity index (χ4v) is 6.27. The minimum absolute atomic E-state index is 0.169. The lowest BCUT2D eigenvalue weighted by molar-refractivity contribution is 0.188. The van der Waals surface area contributed by atoms with E-state index in [2.05, 4.69) is 52.2 Å². The monoisotopic (exact) mass is 542 g/mol. The number of fused-ring (bicyclic) bond motifs is 2. The number of methoxy groups -OCH3 is 1. The first kappa shape index (κ1) is 25.4. The lowest BCUT2D eigenvalue weighted by Crippen LogP contribution is -2.32. The van der Waals surface area contributed by atoms with Gasteiger partial charge < -0.3 is 24.0 Å². The summed E-state index contributed by atoms with van der Waals surface area (Å²) in [5.74, 6) is 2.41. The van der Waals surface area contributed by atoms with Crippen LogP contribution in [-0.2, 0) is 0 Å². The molecule has 4 heterocycles. The molecule has 0 unspecified atom stereocenters. The third-order valence-electron chi connectivity index (χ3n) is 8.71. The molecule has 0 radical (unpaired) electrons. The fourth-order valence-electron chi connectivity index (χ4n) is 6.27. The van der Waals surface area contributed by atoms with Gasteiger partial charge in [-0.05, 0) is 83.2 Å². The van der Waals surface area contributed by atoms with E-state index in [-0.39, 0.29) is 6.10 Å². The number of likely N-dealkylation sites (tertiary alicyclic amines) is 1. The molecule has 1 N–H and O–H groups in total. The zero-order valence-electron chi connectivity index (χ0n) is 23.7. The van der Waals surface area contributed by atoms with Crippen molar-refractivity contribution in [2.75, 3.05) is 45.3 Å². The Morgan fingerprint density at radius 2 is 1.82 bits per heavy atom. The average molecular weight is 543 g/mol. The third-order valence-corrected chi connectivity index (χ3v) is 8.71. The van der Waals surface area contributed by atoms with Crippen molar-refractivity contribution < 1.29 is 14.2 Å². The Bertz CT molecular complexity index is 1540. The molecule has 1 aliphatic carbocycles. The van der Waals surface area contributed by atoms with Crippen LogP contribution in [0, 0.1) is 6.92 Å². The molecule has 1 atom stereocenters. The van der Waals surface area contributed by atoms with E-state index in [0.717, 1.165) is 108 Å². The van der Waals surface area contributed by atoms with Crippen LogP contribution in [0.5, 0.6) is 17.5 Å². The van der Waals surface area contributed by atoms with E-state index < -0.39 is 0 Å². The maximum Gasteiger partial charge on any atom is 0.319 e. The number of aromatic amines is 1. The second kappa shape index (κ2) is 10.4. The second-order valence-electron chi connectivity index (χ2n) is 11.6. The lowest BCUT2D eigenvalue weighted by Gasteiger charge is -2.30. The molecule has 9 nitrogen and oxygen atoms in total. The predicted molar refractivity (Wildman–Crippen MR) is 157 cm³/mol. The van der Waals surface area contributed by atoms with Gasteiger partial charge in [-0.1, -0.05) is 6.07 Å². The number of anilines is 1. The summed E-state index contributed by atoms with van der Waals surface area (Å²) in [5, 5.41) is 9.45. The van der Waals surface area contributed by atoms with Crippen molar-refractivity contribution in [2.45, 2.75) is 64.0 Å². The summed E-state index contributed by atoms with van der Waals surface area (Å²) >= 11 is 0. The second-order valence-corrected chi connectivity index (χ2v) is 11.6. The molecule has 2 aliphatic heterocycles. The molecule has 2 aromatic heterocycles. The molecule has 9 heteroatoms. The van der Waals surface area contributed by atoms with Crippen LogP contribution >= 0.6 is 0 Å². The molecule has 3 aliphatic rings. The van der Waals surface area contributed by atoms with Crippen molar-refractivity contribution in [2.24, 2.45) is 0 Å². The molecule has 4 aromatic rings. The van der Waals surface area contributed by atoms with Gasteiger partial charge in [0.1, 0.15) is 23.7 Å². The number of nitrogens with one attached hydrogen (secondary N) is 1. The molecular weight excluding hydrogens is 504 g/mol. The molecule has 1 saturated carbocycles. The van der Waals surface area contributed by atoms with Crippen LogP contribution in [0.3, 0.4) is 0 Å². The maximum absolute atomic E-state index is 6.76. The Labute approximate surface area is 234 Å². The van der Waals surface area contributed by atoms with Crippen molar-refractivity contribution in [1.82, 2.24) is 25.1 Å². The summed E-state index contributed by atoms with van der Waals surface area (Å²) in [6.45, 7) is 5.74. The number of benzene rings is 2. The Kier molecular flexibility index (Phi) is 6.62. The first-order valence-corrected chi connectivity index (χ1v) is 14.7. The zero-order valence-corrected chi connectivity index (χ0v) is 23.7. The number of rotatable bonds is 8. The number of piperidine rings is 1. The highest BCUT2D eigenvalue weighted by atomic mass is 16.5. The summed E-state index contributed by atoms with van der Waals surface area (Å²) in [6.07, 6.45) is 10.00. The van der Waals surface area contributed by atoms with Gasteiger partial charge in [-0.15, -0.1) is 0 Å². The molecule has 0 amide bonds. The molecule has 210 valence electrons. The summed E-state index contributed by atoms with van der Waals surface area (Å²) in [4.78, 5) is 14.9. The van der Waals surface area contributed by atoms with Crippen molar-refractivity contribution in [3.8, 4) is 28.6 Å². The average Bonchev–Trinajstić information content (AvgIpc) is 3.50. The van der Waals surface area contributed by atoms with E-state index in [1.165, 1.54) is 12.8 Å². The number of ether oxygens (including phenoxy) is 3. The van der Waals surface area contributed by atoms with Gasteiger partial charge in [0.2, 0.25) is 0 Å². The van der Waals surface area contributed by atoms with Gasteiger partial charge >= 0.3 is 6.01 Å². The molecule has 2 aromatic carbocycles. The summed E-state index contributed by atoms with van der Waals surface area (Å²) in [5.41, 5.74) is 4.85. The van der Waals surface area contributed by atoms with Gasteiger partial charge in [-0.25, -0.2) is 0 Å². The van der Waals surface area contributed by atoms with Crippen molar-refractivity contribution in [3.05, 3.63) is 30.0 Å². The minimum Gasteiger partial charge on any atom is -0.496 e. The number of nitrogens with zero attached hydrogens (tertiary/aromatic N) is 5. The van der Waals surface area contributed by atoms with E-state index >= 15 is 0 Å². The van der Waals surface area contributed by atoms with Crippen LogP contribution in [-0.4, -0.2) is 77.6 Å². The van der Waals surface area contributed by atoms with Crippen LogP contribution in [0.1, 0.15) is 50.5 Å². The normalized spacial score (nSPS) is 20.0. The quantitative estimate of drug-likeness (QED) is 0.313. The van der Waals surface area contributed by atoms with Crippen LogP contribution in [0.25, 0.3) is 32.9 Å². The number of aryl methyl sites for hydroxylation is 1. The first-order valence-electron chi connectivity index (χ1n) is 14.7. The van der Waals surface area contributed by atoms with Crippen LogP contribution in [0.2, 0.25) is 0 Å². The van der Waals surface area contributed by atoms with Gasteiger partial charge in [-0.2, -0.15) is 15.1 Å². The van der Waals surface area contributed by atoms with Gasteiger partial charge in [0.25, 0.3) is 0 Å². The first-order chi connectivity index (χ1) is 19.6. The molecule has 0 spiro atoms. The number of likely N-dealkylation sites (N-methyl/N-ethyl adjacent to an activating group) is 1. The van der Waals surface area contributed by atoms with Gasteiger partial charge in [0.15, 0.2) is 5.75 Å². The highest BCUT2D eigenvalue weighted by Gasteiger charge is 2.32. The molecule has 7 rings (SSSR count). The standard InChI is InChI=1S/C31H38N6O3/c1-19-9-12-24-23(17-32-35-24)26(19)27-25(38-3)16-22-28(29(27)40-21-10-11-21)33-31(39-18-20-8-7-13-36(20)2)34-30(22)37-14-5-4-6-15-37/h9,12,16-17,20-21H,4-8,10-11,13-15,18H2,1-3H3,(H,32,35)/t20-/m0/s1. The number of aromatic nitrogens is 4. The predicted octanol–water partition coefficient (Wildman–Crippen LogP) is 5.49. The largest absolute Gasteiger partial charge is 0.496 e. The summed E-state index contributed by atoms with van der Waals surface area (Å²) in [7, 11) is 3.90. The maximum atomic E-state index is 6.76. The number of H-pyrrole nitrogens is 1. The number of hydrogen-bond donors (Lipinski definition) is 1. The summed E-state index contributed by atoms with van der Waals surface area (Å²) < 4.78 is 19.2. The van der Waals surface area contributed by atoms with Crippen LogP contribution in [0.4, 0.5) is 5.82 Å². The zero-order chi connectivity index (χ0) is 27.2. The van der Waals surface area contributed by atoms with Crippen molar-refractivity contribution in [1.29, 1.82) is 0 Å². The lowest BCUT2D eigenvalue weighted by atomic mass is 9.94. The summed E-state index contributed by atoms with van der Waals surface area (Å²) in [6, 6.07) is 7.09. The Morgan fingerprint density at radius 1 is 0.975 bits per heavy atom. The van der Waals surface area contributed by atoms with Crippen LogP contribution in [0.15, 0.2) is 24.4 Å². The Hall–Kier alpha value is -3.59. The van der Waals surface area contributed by atoms with E-state index in [4.69, 9.17) is 24.2 Å². The fraction of sp³-hybridized carbons (Fsp3) is 0.516. The molecule has 0 bridgehead atoms. The van der Waals surface area contributed by atoms with Crippen molar-refractivity contribution >= 4 is 27.6 Å². The van der Waals surface area contributed by atoms with E-state index in [0.29, 0.717) is 18.7 Å². The molecular formula is C31H38N6O3. The SMILES string of the molecule is COc1cc2c(N3CCCCC3)nc(OC[C@@H]3CCCN3C)nc2c(OC2CC2)c1-c1c(C)ccc2[nH]ncc12. The highest BCUT2D eigenvalue weighted by Crippen LogP contribution is 2.50. The van der Waals surface area contributed by atoms with E-state index in [1.54, 1.807) is 7.11 Å². The molecule has 3 fully saturated rings. The Morgan fingerprint density at radius 3 is 2.58 bits per heavy atom. The van der Waals surface area contributed by atoms with Crippen molar-refractivity contribution in [3.63, 3.8) is 0 Å². The third kappa shape index (κ3) is 4.60. The van der Waals surface area contributed by atoms with Gasteiger partial charge in [-0.3, -0.25) is 5.10 Å². The van der Waals surface area contributed by atoms with Crippen LogP contribution < -0.4 is 19.1 Å². The smallest absolute Gasteiger partial charge is 0.319 e. The van der Waals surface area contributed by atoms with E-state index in [1.807, 2.05) is 6.20 Å². The van der Waals surface area contributed by atoms with E-state index in [9.17, 15) is 0 Å².